The average molecular weight is 235 g/mol. The molecular formula is C14H21NS. The number of hydrogen-bond donors (Lipinski definition) is 1. The molecule has 88 valence electrons. The summed E-state index contributed by atoms with van der Waals surface area (Å²) in [5, 5.41) is 0. The zero-order valence-electron chi connectivity index (χ0n) is 9.99. The zero-order valence-corrected chi connectivity index (χ0v) is 10.8. The van der Waals surface area contributed by atoms with Gasteiger partial charge < -0.3 is 5.73 Å². The maximum Gasteiger partial charge on any atom is 0.0134 e. The monoisotopic (exact) mass is 235 g/mol. The van der Waals surface area contributed by atoms with Crippen molar-refractivity contribution in [3.05, 3.63) is 42.5 Å². The fourth-order valence-corrected chi connectivity index (χ4v) is 2.35. The predicted octanol–water partition coefficient (Wildman–Crippen LogP) is 3.77. The fraction of sp³-hybridized carbons (Fsp3) is 0.429. The Balaban J connectivity index is 2.23. The molecule has 1 nitrogen and oxygen atoms in total. The molecule has 0 radical (unpaired) electrons. The van der Waals surface area contributed by atoms with Crippen molar-refractivity contribution in [3.8, 4) is 0 Å². The Bertz CT molecular complexity index is 305. The molecule has 2 N–H and O–H groups in total. The summed E-state index contributed by atoms with van der Waals surface area (Å²) < 4.78 is 0. The van der Waals surface area contributed by atoms with Crippen LogP contribution < -0.4 is 5.73 Å². The van der Waals surface area contributed by atoms with Gasteiger partial charge in [-0.05, 0) is 38.3 Å². The van der Waals surface area contributed by atoms with Crippen molar-refractivity contribution in [2.24, 2.45) is 5.73 Å². The first-order valence-corrected chi connectivity index (χ1v) is 6.77. The van der Waals surface area contributed by atoms with Crippen LogP contribution in [-0.4, -0.2) is 11.8 Å². The van der Waals surface area contributed by atoms with Crippen molar-refractivity contribution in [3.63, 3.8) is 0 Å². The maximum atomic E-state index is 6.04. The van der Waals surface area contributed by atoms with E-state index in [9.17, 15) is 0 Å². The number of unbranched alkanes of at least 4 members (excludes halogenated alkanes) is 1. The minimum Gasteiger partial charge on any atom is -0.327 e. The van der Waals surface area contributed by atoms with Gasteiger partial charge in [-0.1, -0.05) is 23.8 Å². The third kappa shape index (κ3) is 5.38. The Morgan fingerprint density at radius 1 is 1.38 bits per heavy atom. The quantitative estimate of drug-likeness (QED) is 0.442. The Morgan fingerprint density at radius 2 is 2.06 bits per heavy atom. The van der Waals surface area contributed by atoms with Gasteiger partial charge in [0.15, 0.2) is 0 Å². The minimum atomic E-state index is 0.297. The molecular weight excluding hydrogens is 214 g/mol. The second-order valence-corrected chi connectivity index (χ2v) is 5.20. The largest absolute Gasteiger partial charge is 0.327 e. The summed E-state index contributed by atoms with van der Waals surface area (Å²) in [6, 6.07) is 8.91. The topological polar surface area (TPSA) is 26.0 Å². The van der Waals surface area contributed by atoms with Crippen LogP contribution in [0.5, 0.6) is 0 Å². The SMILES string of the molecule is C=CCCCC(N)CSc1ccc(C)cc1. The third-order valence-electron chi connectivity index (χ3n) is 2.47. The van der Waals surface area contributed by atoms with Crippen LogP contribution in [0.25, 0.3) is 0 Å². The highest BCUT2D eigenvalue weighted by molar-refractivity contribution is 7.99. The van der Waals surface area contributed by atoms with E-state index in [1.165, 1.54) is 10.5 Å². The Kier molecular flexibility index (Phi) is 6.27. The summed E-state index contributed by atoms with van der Waals surface area (Å²) >= 11 is 1.84. The summed E-state index contributed by atoms with van der Waals surface area (Å²) in [5.74, 6) is 1.00. The van der Waals surface area contributed by atoms with Gasteiger partial charge in [0.2, 0.25) is 0 Å². The fourth-order valence-electron chi connectivity index (χ4n) is 1.45. The van der Waals surface area contributed by atoms with Crippen molar-refractivity contribution in [2.45, 2.75) is 37.1 Å². The lowest BCUT2D eigenvalue weighted by Gasteiger charge is -2.10. The second-order valence-electron chi connectivity index (χ2n) is 4.10. The Morgan fingerprint density at radius 3 is 2.69 bits per heavy atom. The van der Waals surface area contributed by atoms with Gasteiger partial charge in [-0.3, -0.25) is 0 Å². The van der Waals surface area contributed by atoms with Crippen molar-refractivity contribution in [1.29, 1.82) is 0 Å². The van der Waals surface area contributed by atoms with Gasteiger partial charge in [-0.15, -0.1) is 18.3 Å². The number of aryl methyl sites for hydroxylation is 1. The van der Waals surface area contributed by atoms with Crippen LogP contribution in [0.2, 0.25) is 0 Å². The summed E-state index contributed by atoms with van der Waals surface area (Å²) in [6.07, 6.45) is 5.27. The molecule has 1 atom stereocenters. The van der Waals surface area contributed by atoms with E-state index in [2.05, 4.69) is 37.8 Å². The van der Waals surface area contributed by atoms with Crippen LogP contribution in [0.1, 0.15) is 24.8 Å². The number of hydrogen-bond acceptors (Lipinski definition) is 2. The summed E-state index contributed by atoms with van der Waals surface area (Å²) in [5.41, 5.74) is 7.34. The molecule has 1 aromatic carbocycles. The molecule has 0 spiro atoms. The normalized spacial score (nSPS) is 12.4. The van der Waals surface area contributed by atoms with Gasteiger partial charge in [-0.25, -0.2) is 0 Å². The summed E-state index contributed by atoms with van der Waals surface area (Å²) in [6.45, 7) is 5.82. The number of nitrogens with two attached hydrogens (primary N) is 1. The molecule has 0 aliphatic carbocycles. The highest BCUT2D eigenvalue weighted by atomic mass is 32.2. The molecule has 1 aromatic rings. The van der Waals surface area contributed by atoms with Gasteiger partial charge in [0.1, 0.15) is 0 Å². The van der Waals surface area contributed by atoms with E-state index in [0.29, 0.717) is 6.04 Å². The molecule has 0 saturated heterocycles. The van der Waals surface area contributed by atoms with Crippen molar-refractivity contribution < 1.29 is 0 Å². The number of benzene rings is 1. The Labute approximate surface area is 103 Å². The molecule has 0 heterocycles. The molecule has 0 aromatic heterocycles. The first-order valence-electron chi connectivity index (χ1n) is 5.78. The van der Waals surface area contributed by atoms with Crippen molar-refractivity contribution in [2.75, 3.05) is 5.75 Å². The van der Waals surface area contributed by atoms with E-state index >= 15 is 0 Å². The van der Waals surface area contributed by atoms with Crippen LogP contribution >= 0.6 is 11.8 Å². The third-order valence-corrected chi connectivity index (χ3v) is 3.67. The molecule has 0 bridgehead atoms. The molecule has 1 unspecified atom stereocenters. The van der Waals surface area contributed by atoms with E-state index in [1.54, 1.807) is 0 Å². The molecule has 0 aliphatic heterocycles. The number of thioether (sulfide) groups is 1. The maximum absolute atomic E-state index is 6.04. The van der Waals surface area contributed by atoms with E-state index in [4.69, 9.17) is 5.73 Å². The first kappa shape index (κ1) is 13.3. The van der Waals surface area contributed by atoms with Gasteiger partial charge in [0.05, 0.1) is 0 Å². The van der Waals surface area contributed by atoms with Crippen LogP contribution in [0.3, 0.4) is 0 Å². The smallest absolute Gasteiger partial charge is 0.0134 e. The van der Waals surface area contributed by atoms with Crippen molar-refractivity contribution >= 4 is 11.8 Å². The van der Waals surface area contributed by atoms with Crippen LogP contribution in [0, 0.1) is 6.92 Å². The molecule has 0 saturated carbocycles. The van der Waals surface area contributed by atoms with E-state index in [0.717, 1.165) is 25.0 Å². The van der Waals surface area contributed by atoms with Gasteiger partial charge in [0.25, 0.3) is 0 Å². The summed E-state index contributed by atoms with van der Waals surface area (Å²) in [4.78, 5) is 1.31. The minimum absolute atomic E-state index is 0.297. The first-order chi connectivity index (χ1) is 7.72. The van der Waals surface area contributed by atoms with Gasteiger partial charge in [-0.2, -0.15) is 0 Å². The average Bonchev–Trinajstić information content (AvgIpc) is 2.29. The van der Waals surface area contributed by atoms with Crippen LogP contribution in [0.4, 0.5) is 0 Å². The number of allylic oxidation sites excluding steroid dienone is 1. The van der Waals surface area contributed by atoms with Crippen LogP contribution in [-0.2, 0) is 0 Å². The highest BCUT2D eigenvalue weighted by Crippen LogP contribution is 2.19. The lowest BCUT2D eigenvalue weighted by Crippen LogP contribution is -2.22. The lowest BCUT2D eigenvalue weighted by atomic mass is 10.1. The highest BCUT2D eigenvalue weighted by Gasteiger charge is 2.02. The Hall–Kier alpha value is -0.730. The van der Waals surface area contributed by atoms with E-state index < -0.39 is 0 Å². The predicted molar refractivity (Wildman–Crippen MR) is 73.9 cm³/mol. The van der Waals surface area contributed by atoms with E-state index in [-0.39, 0.29) is 0 Å². The van der Waals surface area contributed by atoms with Gasteiger partial charge >= 0.3 is 0 Å². The van der Waals surface area contributed by atoms with Crippen LogP contribution in [0.15, 0.2) is 41.8 Å². The lowest BCUT2D eigenvalue weighted by molar-refractivity contribution is 0.637. The molecule has 0 aliphatic rings. The molecule has 0 fully saturated rings. The molecule has 16 heavy (non-hydrogen) atoms. The summed E-state index contributed by atoms with van der Waals surface area (Å²) in [7, 11) is 0. The van der Waals surface area contributed by atoms with Gasteiger partial charge in [0, 0.05) is 16.7 Å². The standard InChI is InChI=1S/C14H21NS/c1-3-4-5-6-13(15)11-16-14-9-7-12(2)8-10-14/h3,7-10,13H,1,4-6,11,15H2,2H3. The second kappa shape index (κ2) is 7.53. The van der Waals surface area contributed by atoms with E-state index in [1.807, 2.05) is 17.8 Å². The van der Waals surface area contributed by atoms with Crippen molar-refractivity contribution in [1.82, 2.24) is 0 Å². The molecule has 2 heteroatoms. The molecule has 0 amide bonds. The molecule has 1 rings (SSSR count). The zero-order chi connectivity index (χ0) is 11.8. The number of rotatable bonds is 7.